The zero-order valence-electron chi connectivity index (χ0n) is 11.2. The van der Waals surface area contributed by atoms with Crippen LogP contribution in [0.1, 0.15) is 12.8 Å². The Morgan fingerprint density at radius 1 is 1.26 bits per heavy atom. The van der Waals surface area contributed by atoms with Gasteiger partial charge in [0.15, 0.2) is 0 Å². The number of hydrogen-bond donors (Lipinski definition) is 0. The molecule has 0 aromatic heterocycles. The number of amides is 3. The van der Waals surface area contributed by atoms with E-state index in [0.29, 0.717) is 12.5 Å². The molecule has 1 unspecified atom stereocenters. The first-order valence-electron chi connectivity index (χ1n) is 6.54. The van der Waals surface area contributed by atoms with E-state index in [1.165, 1.54) is 24.8 Å². The summed E-state index contributed by atoms with van der Waals surface area (Å²) in [6, 6.07) is -0.858. The molecule has 2 fully saturated rings. The highest BCUT2D eigenvalue weighted by Crippen LogP contribution is 2.17. The van der Waals surface area contributed by atoms with E-state index < -0.39 is 6.04 Å². The predicted octanol–water partition coefficient (Wildman–Crippen LogP) is -0.615. The van der Waals surface area contributed by atoms with Crippen LogP contribution in [0, 0.1) is 0 Å². The number of imide groups is 1. The molecule has 0 N–H and O–H groups in total. The first kappa shape index (κ1) is 12.3. The lowest BCUT2D eigenvalue weighted by Crippen LogP contribution is -2.60. The van der Waals surface area contributed by atoms with E-state index in [4.69, 9.17) is 0 Å². The zero-order valence-corrected chi connectivity index (χ0v) is 11.2. The summed E-state index contributed by atoms with van der Waals surface area (Å²) in [6.45, 7) is 2.82. The number of nitrogens with zero attached hydrogens (tertiary/aromatic N) is 5. The predicted molar refractivity (Wildman–Crippen MR) is 69.2 cm³/mol. The van der Waals surface area contributed by atoms with Crippen molar-refractivity contribution in [1.29, 1.82) is 0 Å². The minimum Gasteiger partial charge on any atom is -0.274 e. The Morgan fingerprint density at radius 2 is 1.95 bits per heavy atom. The van der Waals surface area contributed by atoms with Gasteiger partial charge in [0.05, 0.1) is 7.05 Å². The second-order valence-electron chi connectivity index (χ2n) is 5.20. The lowest BCUT2D eigenvalue weighted by molar-refractivity contribution is -0.428. The first-order valence-corrected chi connectivity index (χ1v) is 6.54. The largest absolute Gasteiger partial charge is 0.388 e. The van der Waals surface area contributed by atoms with Crippen molar-refractivity contribution in [3.05, 3.63) is 0 Å². The second kappa shape index (κ2) is 4.41. The summed E-state index contributed by atoms with van der Waals surface area (Å²) < 4.78 is 1.92. The van der Waals surface area contributed by atoms with Crippen LogP contribution in [-0.4, -0.2) is 83.3 Å². The lowest BCUT2D eigenvalue weighted by Gasteiger charge is -2.28. The normalized spacial score (nSPS) is 27.8. The summed E-state index contributed by atoms with van der Waals surface area (Å²) in [5.41, 5.74) is 0. The number of urea groups is 1. The summed E-state index contributed by atoms with van der Waals surface area (Å²) >= 11 is 0. The molecule has 1 atom stereocenters. The van der Waals surface area contributed by atoms with Gasteiger partial charge in [0, 0.05) is 20.1 Å². The number of likely N-dealkylation sites (tertiary alicyclic amines) is 1. The van der Waals surface area contributed by atoms with Gasteiger partial charge in [-0.2, -0.15) is 0 Å². The third kappa shape index (κ3) is 1.85. The second-order valence-corrected chi connectivity index (χ2v) is 5.20. The molecule has 102 valence electrons. The summed E-state index contributed by atoms with van der Waals surface area (Å²) in [7, 11) is 3.19. The van der Waals surface area contributed by atoms with Crippen molar-refractivity contribution in [2.24, 2.45) is 4.99 Å². The molecular weight excluding hydrogens is 246 g/mol. The number of carbonyl (C=O) groups excluding carboxylic acids is 2. The average Bonchev–Trinajstić information content (AvgIpc) is 3.04. The maximum absolute atomic E-state index is 12.0. The van der Waals surface area contributed by atoms with Crippen molar-refractivity contribution in [2.45, 2.75) is 18.9 Å². The molecule has 0 aromatic rings. The van der Waals surface area contributed by atoms with Crippen molar-refractivity contribution in [3.63, 3.8) is 0 Å². The number of hydrogen-bond acceptors (Lipinski definition) is 4. The number of carbonyl (C=O) groups is 2. The van der Waals surface area contributed by atoms with Crippen LogP contribution in [0.5, 0.6) is 0 Å². The fourth-order valence-corrected chi connectivity index (χ4v) is 2.83. The van der Waals surface area contributed by atoms with Gasteiger partial charge in [0.1, 0.15) is 6.67 Å². The molecule has 3 heterocycles. The minimum atomic E-state index is -0.560. The summed E-state index contributed by atoms with van der Waals surface area (Å²) in [6.07, 6.45) is 4.10. The fraction of sp³-hybridized carbons (Fsp3) is 0.667. The number of fused-ring (bicyclic) bond motifs is 1. The highest BCUT2D eigenvalue weighted by Gasteiger charge is 2.50. The standard InChI is InChI=1S/C12H18N5O2/c1-14-10-9(11(18)15(2)12(14)19)13-7-17(10)8-16-5-3-4-6-16/h7,9H,3-6,8H2,1-2H3/q+1. The van der Waals surface area contributed by atoms with Crippen LogP contribution in [0.15, 0.2) is 4.99 Å². The van der Waals surface area contributed by atoms with Crippen LogP contribution in [0.2, 0.25) is 0 Å². The first-order chi connectivity index (χ1) is 9.09. The van der Waals surface area contributed by atoms with Crippen molar-refractivity contribution in [2.75, 3.05) is 33.9 Å². The molecule has 7 heteroatoms. The average molecular weight is 264 g/mol. The van der Waals surface area contributed by atoms with Gasteiger partial charge < -0.3 is 0 Å². The van der Waals surface area contributed by atoms with Crippen LogP contribution >= 0.6 is 0 Å². The molecule has 0 aromatic carbocycles. The number of aliphatic imine (C=N–C) groups is 1. The Balaban J connectivity index is 1.89. The smallest absolute Gasteiger partial charge is 0.274 e. The Kier molecular flexibility index (Phi) is 2.85. The SMILES string of the molecule is CN1C(=O)C2N=C[N+](CN3CCCC3)=C2N(C)C1=O. The van der Waals surface area contributed by atoms with Crippen molar-refractivity contribution >= 4 is 24.1 Å². The van der Waals surface area contributed by atoms with Gasteiger partial charge in [0.25, 0.3) is 17.8 Å². The van der Waals surface area contributed by atoms with Crippen LogP contribution in [0.25, 0.3) is 0 Å². The molecule has 0 spiro atoms. The lowest BCUT2D eigenvalue weighted by atomic mass is 10.2. The Morgan fingerprint density at radius 3 is 2.63 bits per heavy atom. The van der Waals surface area contributed by atoms with Gasteiger partial charge in [-0.1, -0.05) is 0 Å². The van der Waals surface area contributed by atoms with Crippen molar-refractivity contribution < 1.29 is 14.2 Å². The van der Waals surface area contributed by atoms with Gasteiger partial charge in [-0.15, -0.1) is 4.99 Å². The fourth-order valence-electron chi connectivity index (χ4n) is 2.83. The number of rotatable bonds is 2. The van der Waals surface area contributed by atoms with Crippen LogP contribution < -0.4 is 0 Å². The van der Waals surface area contributed by atoms with Gasteiger partial charge >= 0.3 is 6.03 Å². The van der Waals surface area contributed by atoms with Gasteiger partial charge in [-0.3, -0.25) is 14.6 Å². The maximum Gasteiger partial charge on any atom is 0.388 e. The zero-order chi connectivity index (χ0) is 13.6. The minimum absolute atomic E-state index is 0.252. The van der Waals surface area contributed by atoms with E-state index in [0.717, 1.165) is 18.0 Å². The van der Waals surface area contributed by atoms with Gasteiger partial charge in [0.2, 0.25) is 6.34 Å². The summed E-state index contributed by atoms with van der Waals surface area (Å²) in [5.74, 6) is 0.429. The molecule has 0 radical (unpaired) electrons. The molecule has 0 bridgehead atoms. The van der Waals surface area contributed by atoms with Crippen LogP contribution in [-0.2, 0) is 4.79 Å². The Hall–Kier alpha value is -1.76. The number of likely N-dealkylation sites (N-methyl/N-ethyl adjacent to an activating group) is 2. The third-order valence-electron chi connectivity index (χ3n) is 3.93. The molecular formula is C12H18N5O2+. The molecule has 3 aliphatic rings. The van der Waals surface area contributed by atoms with E-state index in [1.54, 1.807) is 13.4 Å². The van der Waals surface area contributed by atoms with Crippen molar-refractivity contribution in [1.82, 2.24) is 14.7 Å². The van der Waals surface area contributed by atoms with Crippen LogP contribution in [0.3, 0.4) is 0 Å². The quantitative estimate of drug-likeness (QED) is 0.625. The highest BCUT2D eigenvalue weighted by molar-refractivity contribution is 6.20. The molecule has 7 nitrogen and oxygen atoms in total. The topological polar surface area (TPSA) is 59.2 Å². The Bertz CT molecular complexity index is 492. The van der Waals surface area contributed by atoms with E-state index in [2.05, 4.69) is 9.89 Å². The van der Waals surface area contributed by atoms with E-state index >= 15 is 0 Å². The molecule has 3 rings (SSSR count). The molecule has 0 saturated carbocycles. The third-order valence-corrected chi connectivity index (χ3v) is 3.93. The Labute approximate surface area is 111 Å². The molecule has 0 aliphatic carbocycles. The summed E-state index contributed by atoms with van der Waals surface area (Å²) in [4.78, 5) is 33.2. The molecule has 3 amide bonds. The monoisotopic (exact) mass is 264 g/mol. The van der Waals surface area contributed by atoms with Crippen molar-refractivity contribution in [3.8, 4) is 0 Å². The van der Waals surface area contributed by atoms with Crippen LogP contribution in [0.4, 0.5) is 4.79 Å². The molecule has 2 saturated heterocycles. The van der Waals surface area contributed by atoms with E-state index in [1.807, 2.05) is 4.58 Å². The summed E-state index contributed by atoms with van der Waals surface area (Å²) in [5, 5.41) is 0. The van der Waals surface area contributed by atoms with Gasteiger partial charge in [-0.25, -0.2) is 14.3 Å². The molecule has 3 aliphatic heterocycles. The maximum atomic E-state index is 12.0. The van der Waals surface area contributed by atoms with E-state index in [9.17, 15) is 9.59 Å². The highest BCUT2D eigenvalue weighted by atomic mass is 16.2. The van der Waals surface area contributed by atoms with E-state index in [-0.39, 0.29) is 11.9 Å². The number of amidine groups is 1. The van der Waals surface area contributed by atoms with Gasteiger partial charge in [-0.05, 0) is 12.8 Å². The molecule has 19 heavy (non-hydrogen) atoms.